The Labute approximate surface area is 120 Å². The van der Waals surface area contributed by atoms with Crippen molar-refractivity contribution in [1.29, 1.82) is 0 Å². The van der Waals surface area contributed by atoms with E-state index in [9.17, 15) is 13.2 Å². The molecular formula is C12H14N2O4S2. The molecule has 0 amide bonds. The van der Waals surface area contributed by atoms with Crippen molar-refractivity contribution in [2.24, 2.45) is 0 Å². The minimum absolute atomic E-state index is 0.0524. The molecule has 0 radical (unpaired) electrons. The van der Waals surface area contributed by atoms with Crippen molar-refractivity contribution in [3.05, 3.63) is 23.7 Å². The Bertz CT molecular complexity index is 724. The quantitative estimate of drug-likeness (QED) is 0.848. The first kappa shape index (κ1) is 14.9. The molecule has 1 atom stereocenters. The van der Waals surface area contributed by atoms with Gasteiger partial charge in [0.15, 0.2) is 0 Å². The second-order valence-electron chi connectivity index (χ2n) is 4.28. The first-order chi connectivity index (χ1) is 9.44. The fourth-order valence-electron chi connectivity index (χ4n) is 1.78. The summed E-state index contributed by atoms with van der Waals surface area (Å²) in [7, 11) is -3.85. The van der Waals surface area contributed by atoms with Crippen molar-refractivity contribution in [3.63, 3.8) is 0 Å². The Balaban J connectivity index is 2.31. The maximum Gasteiger partial charge on any atom is 0.321 e. The summed E-state index contributed by atoms with van der Waals surface area (Å²) in [5.74, 6) is -1.17. The van der Waals surface area contributed by atoms with E-state index in [0.29, 0.717) is 6.42 Å². The molecule has 20 heavy (non-hydrogen) atoms. The first-order valence-electron chi connectivity index (χ1n) is 6.02. The standard InChI is InChI=1S/C12H14N2O4S2/c1-2-3-10(12(15)16)14-20(17,18)8-4-5-9-11(6-8)19-7-13-9/h4-7,10,14H,2-3H2,1H3,(H,15,16). The van der Waals surface area contributed by atoms with E-state index in [0.717, 1.165) is 10.2 Å². The first-order valence-corrected chi connectivity index (χ1v) is 8.38. The molecule has 0 fully saturated rings. The average Bonchev–Trinajstić information content (AvgIpc) is 2.85. The lowest BCUT2D eigenvalue weighted by atomic mass is 10.2. The zero-order valence-electron chi connectivity index (χ0n) is 10.7. The van der Waals surface area contributed by atoms with Gasteiger partial charge in [-0.25, -0.2) is 13.4 Å². The predicted octanol–water partition coefficient (Wildman–Crippen LogP) is 1.83. The maximum absolute atomic E-state index is 12.2. The summed E-state index contributed by atoms with van der Waals surface area (Å²) in [5.41, 5.74) is 2.35. The molecule has 8 heteroatoms. The molecule has 0 aliphatic carbocycles. The van der Waals surface area contributed by atoms with E-state index in [-0.39, 0.29) is 11.3 Å². The summed E-state index contributed by atoms with van der Waals surface area (Å²) in [6.07, 6.45) is 0.824. The Kier molecular flexibility index (Phi) is 4.36. The van der Waals surface area contributed by atoms with Crippen LogP contribution in [-0.2, 0) is 14.8 Å². The number of rotatable bonds is 6. The molecule has 0 aliphatic rings. The van der Waals surface area contributed by atoms with E-state index in [4.69, 9.17) is 5.11 Å². The second kappa shape index (κ2) is 5.86. The van der Waals surface area contributed by atoms with Crippen molar-refractivity contribution in [1.82, 2.24) is 9.71 Å². The smallest absolute Gasteiger partial charge is 0.321 e. The van der Waals surface area contributed by atoms with E-state index in [1.54, 1.807) is 18.5 Å². The van der Waals surface area contributed by atoms with E-state index in [1.165, 1.54) is 23.5 Å². The fourth-order valence-corrected chi connectivity index (χ4v) is 3.82. The molecule has 0 saturated carbocycles. The van der Waals surface area contributed by atoms with Gasteiger partial charge in [-0.3, -0.25) is 4.79 Å². The fraction of sp³-hybridized carbons (Fsp3) is 0.333. The summed E-state index contributed by atoms with van der Waals surface area (Å²) in [6, 6.07) is 3.42. The van der Waals surface area contributed by atoms with Crippen LogP contribution in [-0.4, -0.2) is 30.5 Å². The molecule has 0 aliphatic heterocycles. The van der Waals surface area contributed by atoms with Gasteiger partial charge in [0.1, 0.15) is 6.04 Å². The third kappa shape index (κ3) is 3.14. The normalized spacial score (nSPS) is 13.4. The number of fused-ring (bicyclic) bond motifs is 1. The van der Waals surface area contributed by atoms with Gasteiger partial charge in [0.25, 0.3) is 0 Å². The molecule has 108 valence electrons. The van der Waals surface area contributed by atoms with Crippen LogP contribution in [0.15, 0.2) is 28.6 Å². The predicted molar refractivity (Wildman–Crippen MR) is 76.3 cm³/mol. The van der Waals surface area contributed by atoms with Crippen molar-refractivity contribution in [2.75, 3.05) is 0 Å². The van der Waals surface area contributed by atoms with Crippen LogP contribution in [0.2, 0.25) is 0 Å². The summed E-state index contributed by atoms with van der Waals surface area (Å²) in [5, 5.41) is 9.02. The lowest BCUT2D eigenvalue weighted by Crippen LogP contribution is -2.40. The van der Waals surface area contributed by atoms with Gasteiger partial charge in [0, 0.05) is 0 Å². The molecule has 2 aromatic rings. The number of nitrogens with zero attached hydrogens (tertiary/aromatic N) is 1. The van der Waals surface area contributed by atoms with Crippen LogP contribution in [0.1, 0.15) is 19.8 Å². The summed E-state index contributed by atoms with van der Waals surface area (Å²) < 4.78 is 27.4. The molecule has 2 N–H and O–H groups in total. The van der Waals surface area contributed by atoms with Gasteiger partial charge in [0.05, 0.1) is 20.6 Å². The monoisotopic (exact) mass is 314 g/mol. The van der Waals surface area contributed by atoms with Crippen molar-refractivity contribution in [2.45, 2.75) is 30.7 Å². The van der Waals surface area contributed by atoms with Gasteiger partial charge < -0.3 is 5.11 Å². The molecule has 0 saturated heterocycles. The number of carboxylic acids is 1. The number of hydrogen-bond acceptors (Lipinski definition) is 5. The molecule has 2 rings (SSSR count). The highest BCUT2D eigenvalue weighted by Gasteiger charge is 2.24. The van der Waals surface area contributed by atoms with Crippen LogP contribution >= 0.6 is 11.3 Å². The number of carboxylic acid groups (broad SMARTS) is 1. The third-order valence-corrected chi connectivity index (χ3v) is 5.05. The largest absolute Gasteiger partial charge is 0.480 e. The summed E-state index contributed by atoms with van der Waals surface area (Å²) >= 11 is 1.33. The zero-order chi connectivity index (χ0) is 14.8. The van der Waals surface area contributed by atoms with Crippen molar-refractivity contribution < 1.29 is 18.3 Å². The number of thiazole rings is 1. The maximum atomic E-state index is 12.2. The van der Waals surface area contributed by atoms with Crippen LogP contribution in [0.5, 0.6) is 0 Å². The van der Waals surface area contributed by atoms with E-state index >= 15 is 0 Å². The third-order valence-electron chi connectivity index (χ3n) is 2.79. The average molecular weight is 314 g/mol. The lowest BCUT2D eigenvalue weighted by Gasteiger charge is -2.13. The molecular weight excluding hydrogens is 300 g/mol. The highest BCUT2D eigenvalue weighted by Crippen LogP contribution is 2.22. The molecule has 1 aromatic heterocycles. The number of aliphatic carboxylic acids is 1. The minimum Gasteiger partial charge on any atom is -0.480 e. The number of hydrogen-bond donors (Lipinski definition) is 2. The van der Waals surface area contributed by atoms with Gasteiger partial charge in [0.2, 0.25) is 10.0 Å². The lowest BCUT2D eigenvalue weighted by molar-refractivity contribution is -0.139. The van der Waals surface area contributed by atoms with Gasteiger partial charge in [-0.2, -0.15) is 4.72 Å². The second-order valence-corrected chi connectivity index (χ2v) is 6.88. The SMILES string of the molecule is CCCC(NS(=O)(=O)c1ccc2ncsc2c1)C(=O)O. The Morgan fingerprint density at radius 2 is 2.25 bits per heavy atom. The van der Waals surface area contributed by atoms with Crippen molar-refractivity contribution in [3.8, 4) is 0 Å². The van der Waals surface area contributed by atoms with Crippen LogP contribution in [0, 0.1) is 0 Å². The molecule has 1 unspecified atom stereocenters. The number of sulfonamides is 1. The Morgan fingerprint density at radius 3 is 2.90 bits per heavy atom. The summed E-state index contributed by atoms with van der Waals surface area (Å²) in [6.45, 7) is 1.80. The number of carbonyl (C=O) groups is 1. The topological polar surface area (TPSA) is 96.4 Å². The molecule has 0 bridgehead atoms. The van der Waals surface area contributed by atoms with Crippen LogP contribution < -0.4 is 4.72 Å². The minimum atomic E-state index is -3.85. The van der Waals surface area contributed by atoms with Gasteiger partial charge in [-0.15, -0.1) is 11.3 Å². The number of nitrogens with one attached hydrogen (secondary N) is 1. The zero-order valence-corrected chi connectivity index (χ0v) is 12.4. The summed E-state index contributed by atoms with van der Waals surface area (Å²) in [4.78, 5) is 15.2. The van der Waals surface area contributed by atoms with E-state index < -0.39 is 22.0 Å². The highest BCUT2D eigenvalue weighted by molar-refractivity contribution is 7.89. The Hall–Kier alpha value is -1.51. The van der Waals surface area contributed by atoms with Gasteiger partial charge >= 0.3 is 5.97 Å². The van der Waals surface area contributed by atoms with E-state index in [2.05, 4.69) is 9.71 Å². The van der Waals surface area contributed by atoms with E-state index in [1.807, 2.05) is 0 Å². The van der Waals surface area contributed by atoms with Crippen LogP contribution in [0.4, 0.5) is 0 Å². The molecule has 0 spiro atoms. The number of benzene rings is 1. The molecule has 6 nitrogen and oxygen atoms in total. The van der Waals surface area contributed by atoms with Gasteiger partial charge in [-0.1, -0.05) is 13.3 Å². The Morgan fingerprint density at radius 1 is 1.50 bits per heavy atom. The highest BCUT2D eigenvalue weighted by atomic mass is 32.2. The number of aromatic nitrogens is 1. The molecule has 1 aromatic carbocycles. The van der Waals surface area contributed by atoms with Crippen molar-refractivity contribution >= 4 is 37.5 Å². The van der Waals surface area contributed by atoms with Crippen LogP contribution in [0.3, 0.4) is 0 Å². The molecule has 1 heterocycles. The van der Waals surface area contributed by atoms with Crippen LogP contribution in [0.25, 0.3) is 10.2 Å². The van der Waals surface area contributed by atoms with Gasteiger partial charge in [-0.05, 0) is 24.6 Å².